The molecule has 0 radical (unpaired) electrons. The van der Waals surface area contributed by atoms with Crippen LogP contribution in [0.25, 0.3) is 0 Å². The molecular formula is C16H25N3O2S. The number of nitrogens with one attached hydrogen (secondary N) is 1. The molecule has 1 aliphatic rings. The SMILES string of the molecule is CC(C)[C@@H]1CN(C(=O)Cc2ccsc2)C[C@H]1NC(=O)N(C)C. The summed E-state index contributed by atoms with van der Waals surface area (Å²) in [6.45, 7) is 5.61. The van der Waals surface area contributed by atoms with Gasteiger partial charge in [0.2, 0.25) is 5.91 Å². The van der Waals surface area contributed by atoms with Crippen LogP contribution < -0.4 is 5.32 Å². The molecule has 122 valence electrons. The van der Waals surface area contributed by atoms with Crippen LogP contribution in [0.3, 0.4) is 0 Å². The van der Waals surface area contributed by atoms with E-state index in [1.54, 1.807) is 25.4 Å². The Bertz CT molecular complexity index is 513. The van der Waals surface area contributed by atoms with Crippen molar-refractivity contribution in [3.05, 3.63) is 22.4 Å². The fourth-order valence-corrected chi connectivity index (χ4v) is 3.50. The van der Waals surface area contributed by atoms with Gasteiger partial charge < -0.3 is 15.1 Å². The second-order valence-electron chi connectivity index (χ2n) is 6.47. The third kappa shape index (κ3) is 4.00. The first-order chi connectivity index (χ1) is 10.4. The Hall–Kier alpha value is -1.56. The van der Waals surface area contributed by atoms with Gasteiger partial charge in [-0.2, -0.15) is 11.3 Å². The van der Waals surface area contributed by atoms with E-state index in [4.69, 9.17) is 0 Å². The van der Waals surface area contributed by atoms with Crippen LogP contribution in [0.1, 0.15) is 19.4 Å². The van der Waals surface area contributed by atoms with Gasteiger partial charge in [-0.3, -0.25) is 4.79 Å². The lowest BCUT2D eigenvalue weighted by atomic mass is 9.91. The minimum Gasteiger partial charge on any atom is -0.340 e. The number of rotatable bonds is 4. The predicted octanol–water partition coefficient (Wildman–Crippen LogP) is 2.04. The summed E-state index contributed by atoms with van der Waals surface area (Å²) in [4.78, 5) is 27.8. The molecule has 0 spiro atoms. The van der Waals surface area contributed by atoms with Crippen molar-refractivity contribution in [3.63, 3.8) is 0 Å². The van der Waals surface area contributed by atoms with Crippen molar-refractivity contribution < 1.29 is 9.59 Å². The summed E-state index contributed by atoms with van der Waals surface area (Å²) < 4.78 is 0. The van der Waals surface area contributed by atoms with Gasteiger partial charge in [0, 0.05) is 33.1 Å². The predicted molar refractivity (Wildman–Crippen MR) is 88.9 cm³/mol. The molecule has 1 aliphatic heterocycles. The molecule has 0 aliphatic carbocycles. The van der Waals surface area contributed by atoms with Crippen LogP contribution in [0.2, 0.25) is 0 Å². The molecule has 1 aromatic rings. The largest absolute Gasteiger partial charge is 0.340 e. The van der Waals surface area contributed by atoms with Crippen LogP contribution in [0.15, 0.2) is 16.8 Å². The van der Waals surface area contributed by atoms with Gasteiger partial charge in [0.1, 0.15) is 0 Å². The summed E-state index contributed by atoms with van der Waals surface area (Å²) in [6, 6.07) is 1.92. The average molecular weight is 323 g/mol. The van der Waals surface area contributed by atoms with Gasteiger partial charge in [-0.25, -0.2) is 4.79 Å². The zero-order chi connectivity index (χ0) is 16.3. The normalized spacial score (nSPS) is 21.2. The van der Waals surface area contributed by atoms with Gasteiger partial charge in [-0.1, -0.05) is 13.8 Å². The molecule has 2 rings (SSSR count). The van der Waals surface area contributed by atoms with Crippen LogP contribution in [0, 0.1) is 11.8 Å². The molecule has 0 unspecified atom stereocenters. The maximum atomic E-state index is 12.5. The highest BCUT2D eigenvalue weighted by molar-refractivity contribution is 7.07. The molecule has 5 nitrogen and oxygen atoms in total. The Kier molecular flexibility index (Phi) is 5.45. The fraction of sp³-hybridized carbons (Fsp3) is 0.625. The van der Waals surface area contributed by atoms with E-state index in [0.29, 0.717) is 24.8 Å². The molecule has 2 heterocycles. The number of thiophene rings is 1. The topological polar surface area (TPSA) is 52.7 Å². The van der Waals surface area contributed by atoms with E-state index in [1.807, 2.05) is 21.7 Å². The van der Waals surface area contributed by atoms with E-state index >= 15 is 0 Å². The monoisotopic (exact) mass is 323 g/mol. The first-order valence-corrected chi connectivity index (χ1v) is 8.59. The van der Waals surface area contributed by atoms with Gasteiger partial charge in [-0.05, 0) is 28.3 Å². The molecule has 3 amide bonds. The lowest BCUT2D eigenvalue weighted by Gasteiger charge is -2.24. The van der Waals surface area contributed by atoms with E-state index in [0.717, 1.165) is 12.1 Å². The smallest absolute Gasteiger partial charge is 0.317 e. The molecule has 1 N–H and O–H groups in total. The van der Waals surface area contributed by atoms with Crippen molar-refractivity contribution >= 4 is 23.3 Å². The maximum absolute atomic E-state index is 12.5. The zero-order valence-electron chi connectivity index (χ0n) is 13.7. The number of nitrogens with zero attached hydrogens (tertiary/aromatic N) is 2. The van der Waals surface area contributed by atoms with Crippen molar-refractivity contribution in [2.75, 3.05) is 27.2 Å². The molecule has 0 bridgehead atoms. The molecular weight excluding hydrogens is 298 g/mol. The minimum atomic E-state index is -0.0946. The number of carbonyl (C=O) groups excluding carboxylic acids is 2. The van der Waals surface area contributed by atoms with Crippen molar-refractivity contribution in [3.8, 4) is 0 Å². The number of hydrogen-bond donors (Lipinski definition) is 1. The summed E-state index contributed by atoms with van der Waals surface area (Å²) >= 11 is 1.61. The summed E-state index contributed by atoms with van der Waals surface area (Å²) in [6.07, 6.45) is 0.447. The summed E-state index contributed by atoms with van der Waals surface area (Å²) in [5, 5.41) is 7.05. The fourth-order valence-electron chi connectivity index (χ4n) is 2.83. The number of hydrogen-bond acceptors (Lipinski definition) is 3. The Morgan fingerprint density at radius 1 is 1.41 bits per heavy atom. The van der Waals surface area contributed by atoms with Crippen LogP contribution in [-0.2, 0) is 11.2 Å². The van der Waals surface area contributed by atoms with Gasteiger partial charge in [-0.15, -0.1) is 0 Å². The highest BCUT2D eigenvalue weighted by Gasteiger charge is 2.37. The van der Waals surface area contributed by atoms with Crippen molar-refractivity contribution in [1.29, 1.82) is 0 Å². The van der Waals surface area contributed by atoms with Crippen molar-refractivity contribution in [2.45, 2.75) is 26.3 Å². The molecule has 2 atom stereocenters. The number of urea groups is 1. The average Bonchev–Trinajstić information content (AvgIpc) is 3.07. The quantitative estimate of drug-likeness (QED) is 0.922. The second-order valence-corrected chi connectivity index (χ2v) is 7.25. The summed E-state index contributed by atoms with van der Waals surface area (Å²) in [7, 11) is 3.46. The lowest BCUT2D eigenvalue weighted by Crippen LogP contribution is -2.46. The Morgan fingerprint density at radius 3 is 2.68 bits per heavy atom. The van der Waals surface area contributed by atoms with Gasteiger partial charge in [0.25, 0.3) is 0 Å². The molecule has 1 aromatic heterocycles. The first-order valence-electron chi connectivity index (χ1n) is 7.65. The van der Waals surface area contributed by atoms with E-state index in [2.05, 4.69) is 19.2 Å². The number of amides is 3. The highest BCUT2D eigenvalue weighted by Crippen LogP contribution is 2.25. The lowest BCUT2D eigenvalue weighted by molar-refractivity contribution is -0.129. The molecule has 1 saturated heterocycles. The van der Waals surface area contributed by atoms with Crippen LogP contribution in [0.5, 0.6) is 0 Å². The third-order valence-corrected chi connectivity index (χ3v) is 4.96. The van der Waals surface area contributed by atoms with E-state index in [9.17, 15) is 9.59 Å². The first kappa shape index (κ1) is 16.8. The van der Waals surface area contributed by atoms with E-state index < -0.39 is 0 Å². The van der Waals surface area contributed by atoms with Gasteiger partial charge >= 0.3 is 6.03 Å². The Morgan fingerprint density at radius 2 is 2.14 bits per heavy atom. The molecule has 6 heteroatoms. The standard InChI is InChI=1S/C16H25N3O2S/c1-11(2)13-8-19(9-14(13)17-16(21)18(3)4)15(20)7-12-5-6-22-10-12/h5-6,10-11,13-14H,7-9H2,1-4H3,(H,17,21)/t13-,14+/m0/s1. The Balaban J connectivity index is 2.00. The zero-order valence-corrected chi connectivity index (χ0v) is 14.5. The van der Waals surface area contributed by atoms with E-state index in [1.165, 1.54) is 4.90 Å². The van der Waals surface area contributed by atoms with Crippen LogP contribution >= 0.6 is 11.3 Å². The van der Waals surface area contributed by atoms with Gasteiger partial charge in [0.15, 0.2) is 0 Å². The summed E-state index contributed by atoms with van der Waals surface area (Å²) in [5.74, 6) is 0.868. The van der Waals surface area contributed by atoms with E-state index in [-0.39, 0.29) is 18.0 Å². The second kappa shape index (κ2) is 7.13. The number of carbonyl (C=O) groups is 2. The molecule has 0 aromatic carbocycles. The van der Waals surface area contributed by atoms with Crippen LogP contribution in [-0.4, -0.2) is 55.0 Å². The highest BCUT2D eigenvalue weighted by atomic mass is 32.1. The molecule has 22 heavy (non-hydrogen) atoms. The maximum Gasteiger partial charge on any atom is 0.317 e. The van der Waals surface area contributed by atoms with Crippen molar-refractivity contribution in [1.82, 2.24) is 15.1 Å². The number of likely N-dealkylation sites (tertiary alicyclic amines) is 1. The van der Waals surface area contributed by atoms with Crippen molar-refractivity contribution in [2.24, 2.45) is 11.8 Å². The summed E-state index contributed by atoms with van der Waals surface area (Å²) in [5.41, 5.74) is 1.07. The van der Waals surface area contributed by atoms with Gasteiger partial charge in [0.05, 0.1) is 12.5 Å². The molecule has 0 saturated carbocycles. The Labute approximate surface area is 136 Å². The molecule has 1 fully saturated rings. The van der Waals surface area contributed by atoms with Crippen LogP contribution in [0.4, 0.5) is 4.79 Å². The third-order valence-electron chi connectivity index (χ3n) is 4.22. The minimum absolute atomic E-state index is 0.0290.